The lowest BCUT2D eigenvalue weighted by Gasteiger charge is -2.35. The minimum absolute atomic E-state index is 0.0440. The van der Waals surface area contributed by atoms with E-state index in [1.807, 2.05) is 36.4 Å². The summed E-state index contributed by atoms with van der Waals surface area (Å²) in [5.41, 5.74) is 1.62. The summed E-state index contributed by atoms with van der Waals surface area (Å²) in [6, 6.07) is 9.43. The summed E-state index contributed by atoms with van der Waals surface area (Å²) < 4.78 is 10.8. The molecule has 0 aliphatic heterocycles. The summed E-state index contributed by atoms with van der Waals surface area (Å²) in [5.74, 6) is 0.809. The second-order valence-electron chi connectivity index (χ2n) is 9.46. The highest BCUT2D eigenvalue weighted by atomic mass is 16.6. The van der Waals surface area contributed by atoms with Crippen molar-refractivity contribution in [2.24, 2.45) is 16.7 Å². The van der Waals surface area contributed by atoms with Crippen molar-refractivity contribution < 1.29 is 19.4 Å². The molecule has 1 aliphatic rings. The molecule has 4 nitrogen and oxygen atoms in total. The molecule has 2 rings (SSSR count). The van der Waals surface area contributed by atoms with Crippen LogP contribution in [0.15, 0.2) is 65.5 Å². The molecule has 29 heavy (non-hydrogen) atoms. The third-order valence-corrected chi connectivity index (χ3v) is 4.89. The molecule has 0 aromatic heterocycles. The van der Waals surface area contributed by atoms with Crippen LogP contribution in [0.3, 0.4) is 0 Å². The van der Waals surface area contributed by atoms with Crippen LogP contribution in [0, 0.1) is 16.7 Å². The van der Waals surface area contributed by atoms with Crippen molar-refractivity contribution in [1.29, 1.82) is 0 Å². The van der Waals surface area contributed by atoms with Crippen LogP contribution in [0.25, 0.3) is 0 Å². The van der Waals surface area contributed by atoms with E-state index < -0.39 is 0 Å². The highest BCUT2D eigenvalue weighted by Crippen LogP contribution is 2.44. The molecule has 0 saturated carbocycles. The molecule has 158 valence electrons. The lowest BCUT2D eigenvalue weighted by Crippen LogP contribution is -2.24. The van der Waals surface area contributed by atoms with Crippen molar-refractivity contribution in [3.8, 4) is 5.75 Å². The Balaban J connectivity index is 1.96. The smallest absolute Gasteiger partial charge is 0.330 e. The van der Waals surface area contributed by atoms with Gasteiger partial charge in [0.1, 0.15) is 24.7 Å². The molecule has 0 heterocycles. The number of aliphatic hydroxyl groups is 1. The van der Waals surface area contributed by atoms with Gasteiger partial charge in [-0.3, -0.25) is 0 Å². The van der Waals surface area contributed by atoms with Gasteiger partial charge < -0.3 is 14.6 Å². The first-order valence-corrected chi connectivity index (χ1v) is 10.2. The Morgan fingerprint density at radius 3 is 2.31 bits per heavy atom. The molecule has 0 amide bonds. The van der Waals surface area contributed by atoms with Gasteiger partial charge in [0.2, 0.25) is 0 Å². The quantitative estimate of drug-likeness (QED) is 0.362. The standard InChI is InChI=1S/C25H34O4/c1-24(2,3)20-16-18(17-21(23(20)27)25(4,5)6)12-13-22(26)29-15-14-28-19-10-8-7-9-11-19/h7-13,16,18,27H,14-15,17H2,1-6H3. The average molecular weight is 399 g/mol. The average Bonchev–Trinajstić information content (AvgIpc) is 2.63. The zero-order valence-corrected chi connectivity index (χ0v) is 18.5. The molecule has 0 fully saturated rings. The van der Waals surface area contributed by atoms with E-state index in [4.69, 9.17) is 9.47 Å². The van der Waals surface area contributed by atoms with Crippen molar-refractivity contribution in [3.63, 3.8) is 0 Å². The SMILES string of the molecule is CC(C)(C)C1=CC(C=CC(=O)OCCOc2ccccc2)CC(C(C)(C)C)=C1O. The minimum Gasteiger partial charge on any atom is -0.508 e. The van der Waals surface area contributed by atoms with Gasteiger partial charge in [-0.25, -0.2) is 4.79 Å². The number of aliphatic hydroxyl groups excluding tert-OH is 1. The van der Waals surface area contributed by atoms with Crippen molar-refractivity contribution in [2.75, 3.05) is 13.2 Å². The Morgan fingerprint density at radius 1 is 1.07 bits per heavy atom. The summed E-state index contributed by atoms with van der Waals surface area (Å²) >= 11 is 0. The van der Waals surface area contributed by atoms with Crippen LogP contribution in [0.4, 0.5) is 0 Å². The fourth-order valence-electron chi connectivity index (χ4n) is 3.31. The predicted molar refractivity (Wildman–Crippen MR) is 117 cm³/mol. The van der Waals surface area contributed by atoms with Crippen LogP contribution in [0.5, 0.6) is 5.75 Å². The monoisotopic (exact) mass is 398 g/mol. The topological polar surface area (TPSA) is 55.8 Å². The summed E-state index contributed by atoms with van der Waals surface area (Å²) in [5, 5.41) is 10.8. The zero-order chi connectivity index (χ0) is 21.7. The van der Waals surface area contributed by atoms with Crippen LogP contribution in [0.2, 0.25) is 0 Å². The third kappa shape index (κ3) is 6.81. The van der Waals surface area contributed by atoms with Gasteiger partial charge in [-0.15, -0.1) is 0 Å². The Kier molecular flexibility index (Phi) is 7.34. The number of hydrogen-bond acceptors (Lipinski definition) is 4. The minimum atomic E-state index is -0.386. The van der Waals surface area contributed by atoms with Crippen LogP contribution >= 0.6 is 0 Å². The number of carbonyl (C=O) groups is 1. The van der Waals surface area contributed by atoms with E-state index in [9.17, 15) is 9.90 Å². The Labute approximate surface area is 174 Å². The molecule has 0 bridgehead atoms. The number of ether oxygens (including phenoxy) is 2. The van der Waals surface area contributed by atoms with Gasteiger partial charge in [-0.05, 0) is 46.4 Å². The third-order valence-electron chi connectivity index (χ3n) is 4.89. The number of allylic oxidation sites excluding steroid dienone is 4. The molecule has 0 radical (unpaired) electrons. The summed E-state index contributed by atoms with van der Waals surface area (Å²) in [6.07, 6.45) is 6.10. The van der Waals surface area contributed by atoms with Crippen LogP contribution in [-0.2, 0) is 9.53 Å². The number of para-hydroxylation sites is 1. The first kappa shape index (κ1) is 22.8. The fraction of sp³-hybridized carbons (Fsp3) is 0.480. The van der Waals surface area contributed by atoms with E-state index in [-0.39, 0.29) is 29.3 Å². The number of carbonyl (C=O) groups excluding carboxylic acids is 1. The van der Waals surface area contributed by atoms with E-state index in [2.05, 4.69) is 47.6 Å². The summed E-state index contributed by atoms with van der Waals surface area (Å²) in [7, 11) is 0. The molecule has 1 aliphatic carbocycles. The normalized spacial score (nSPS) is 18.0. The van der Waals surface area contributed by atoms with Gasteiger partial charge in [0.05, 0.1) is 0 Å². The molecule has 1 aromatic rings. The molecule has 0 spiro atoms. The molecular formula is C25H34O4. The van der Waals surface area contributed by atoms with Gasteiger partial charge >= 0.3 is 5.97 Å². The molecular weight excluding hydrogens is 364 g/mol. The summed E-state index contributed by atoms with van der Waals surface area (Å²) in [6.45, 7) is 13.1. The van der Waals surface area contributed by atoms with Crippen molar-refractivity contribution in [2.45, 2.75) is 48.0 Å². The molecule has 1 unspecified atom stereocenters. The second-order valence-corrected chi connectivity index (χ2v) is 9.46. The first-order valence-electron chi connectivity index (χ1n) is 10.2. The Morgan fingerprint density at radius 2 is 1.72 bits per heavy atom. The number of esters is 1. The van der Waals surface area contributed by atoms with E-state index in [1.165, 1.54) is 6.08 Å². The predicted octanol–water partition coefficient (Wildman–Crippen LogP) is 6.02. The van der Waals surface area contributed by atoms with E-state index >= 15 is 0 Å². The zero-order valence-electron chi connectivity index (χ0n) is 18.5. The molecule has 0 saturated heterocycles. The van der Waals surface area contributed by atoms with Gasteiger partial charge in [-0.2, -0.15) is 0 Å². The lowest BCUT2D eigenvalue weighted by atomic mass is 9.71. The largest absolute Gasteiger partial charge is 0.508 e. The van der Waals surface area contributed by atoms with Crippen molar-refractivity contribution in [1.82, 2.24) is 0 Å². The van der Waals surface area contributed by atoms with E-state index in [1.54, 1.807) is 0 Å². The van der Waals surface area contributed by atoms with Crippen LogP contribution in [0.1, 0.15) is 48.0 Å². The van der Waals surface area contributed by atoms with Crippen molar-refractivity contribution >= 4 is 5.97 Å². The van der Waals surface area contributed by atoms with Gasteiger partial charge in [0.15, 0.2) is 0 Å². The van der Waals surface area contributed by atoms with Crippen LogP contribution < -0.4 is 4.74 Å². The fourth-order valence-corrected chi connectivity index (χ4v) is 3.31. The van der Waals surface area contributed by atoms with Gasteiger partial charge in [0, 0.05) is 6.08 Å². The second kappa shape index (κ2) is 9.34. The van der Waals surface area contributed by atoms with Gasteiger partial charge in [-0.1, -0.05) is 71.9 Å². The summed E-state index contributed by atoms with van der Waals surface area (Å²) in [4.78, 5) is 12.1. The number of benzene rings is 1. The maximum absolute atomic E-state index is 12.1. The first-order chi connectivity index (χ1) is 13.5. The Bertz CT molecular complexity index is 786. The number of hydrogen-bond donors (Lipinski definition) is 1. The maximum Gasteiger partial charge on any atom is 0.330 e. The molecule has 1 N–H and O–H groups in total. The molecule has 1 atom stereocenters. The Hall–Kier alpha value is -2.49. The maximum atomic E-state index is 12.1. The highest BCUT2D eigenvalue weighted by Gasteiger charge is 2.32. The lowest BCUT2D eigenvalue weighted by molar-refractivity contribution is -0.138. The molecule has 1 aromatic carbocycles. The molecule has 4 heteroatoms. The highest BCUT2D eigenvalue weighted by molar-refractivity contribution is 5.82. The van der Waals surface area contributed by atoms with Crippen LogP contribution in [-0.4, -0.2) is 24.3 Å². The van der Waals surface area contributed by atoms with E-state index in [0.717, 1.165) is 16.9 Å². The number of rotatable bonds is 6. The van der Waals surface area contributed by atoms with Crippen molar-refractivity contribution in [3.05, 3.63) is 65.5 Å². The van der Waals surface area contributed by atoms with E-state index in [0.29, 0.717) is 18.8 Å². The van der Waals surface area contributed by atoms with Gasteiger partial charge in [0.25, 0.3) is 0 Å².